The lowest BCUT2D eigenvalue weighted by Gasteiger charge is -2.19. The van der Waals surface area contributed by atoms with Crippen molar-refractivity contribution >= 4 is 28.8 Å². The molecule has 0 bridgehead atoms. The summed E-state index contributed by atoms with van der Waals surface area (Å²) in [5.41, 5.74) is -2.17. The molecule has 1 atom stereocenters. The molecule has 0 amide bonds. The van der Waals surface area contributed by atoms with Crippen molar-refractivity contribution in [3.63, 3.8) is 0 Å². The number of ether oxygens (including phenoxy) is 1. The van der Waals surface area contributed by atoms with Crippen LogP contribution < -0.4 is 4.74 Å². The number of benzene rings is 1. The maximum Gasteiger partial charge on any atom is 0.336 e. The lowest BCUT2D eigenvalue weighted by molar-refractivity contribution is -0.169. The Kier molecular flexibility index (Phi) is 4.56. The topological polar surface area (TPSA) is 134 Å². The molecule has 1 aromatic carbocycles. The lowest BCUT2D eigenvalue weighted by atomic mass is 9.96. The van der Waals surface area contributed by atoms with Crippen LogP contribution in [0.5, 0.6) is 5.88 Å². The van der Waals surface area contributed by atoms with Gasteiger partial charge in [0, 0.05) is 11.5 Å². The summed E-state index contributed by atoms with van der Waals surface area (Å²) in [7, 11) is 0. The number of carboxylic acid groups (broad SMARTS) is 2. The predicted molar refractivity (Wildman–Crippen MR) is 76.8 cm³/mol. The molecule has 0 saturated heterocycles. The van der Waals surface area contributed by atoms with Crippen molar-refractivity contribution in [2.45, 2.75) is 18.4 Å². The molecule has 1 heterocycles. The molecule has 3 N–H and O–H groups in total. The molecular formula is C15H13NO7. The molecule has 120 valence electrons. The minimum absolute atomic E-state index is 0.0724. The highest BCUT2D eigenvalue weighted by atomic mass is 16.5. The van der Waals surface area contributed by atoms with E-state index < -0.39 is 36.4 Å². The standard InChI is InChI=1S/C15H13NO7/c17-12(18)7-15(22,14(20)21)8-13(19)23-11-6-5-9-3-1-2-4-10(9)16-11/h1-6,22H,7-8H2,(H,17,18)(H,20,21). The summed E-state index contributed by atoms with van der Waals surface area (Å²) >= 11 is 0. The Labute approximate surface area is 130 Å². The van der Waals surface area contributed by atoms with Crippen LogP contribution in [0, 0.1) is 0 Å². The normalized spacial score (nSPS) is 13.3. The summed E-state index contributed by atoms with van der Waals surface area (Å²) in [5.74, 6) is -4.54. The minimum Gasteiger partial charge on any atom is -0.481 e. The number of hydrogen-bond donors (Lipinski definition) is 3. The SMILES string of the molecule is O=C(O)CC(O)(CC(=O)Oc1ccc2ccccc2n1)C(=O)O. The predicted octanol–water partition coefficient (Wildman–Crippen LogP) is 0.821. The highest BCUT2D eigenvalue weighted by Crippen LogP contribution is 2.20. The molecule has 0 aliphatic rings. The van der Waals surface area contributed by atoms with Gasteiger partial charge in [0.05, 0.1) is 18.4 Å². The summed E-state index contributed by atoms with van der Waals surface area (Å²) in [4.78, 5) is 37.4. The van der Waals surface area contributed by atoms with E-state index in [-0.39, 0.29) is 5.88 Å². The number of aliphatic hydroxyl groups is 1. The average Bonchev–Trinajstić information content (AvgIpc) is 2.45. The zero-order valence-electron chi connectivity index (χ0n) is 11.8. The van der Waals surface area contributed by atoms with Gasteiger partial charge in [-0.1, -0.05) is 18.2 Å². The van der Waals surface area contributed by atoms with Crippen molar-refractivity contribution in [3.8, 4) is 5.88 Å². The zero-order chi connectivity index (χ0) is 17.0. The molecule has 23 heavy (non-hydrogen) atoms. The van der Waals surface area contributed by atoms with Crippen LogP contribution in [0.15, 0.2) is 36.4 Å². The van der Waals surface area contributed by atoms with Crippen molar-refractivity contribution in [1.82, 2.24) is 4.98 Å². The Morgan fingerprint density at radius 2 is 1.74 bits per heavy atom. The van der Waals surface area contributed by atoms with Gasteiger partial charge in [0.1, 0.15) is 0 Å². The second-order valence-corrected chi connectivity index (χ2v) is 4.90. The first-order valence-corrected chi connectivity index (χ1v) is 6.54. The van der Waals surface area contributed by atoms with Gasteiger partial charge in [0.15, 0.2) is 5.60 Å². The Bertz CT molecular complexity index is 773. The number of carbonyl (C=O) groups excluding carboxylic acids is 1. The Morgan fingerprint density at radius 1 is 1.04 bits per heavy atom. The van der Waals surface area contributed by atoms with Gasteiger partial charge in [-0.3, -0.25) is 9.59 Å². The number of nitrogens with zero attached hydrogens (tertiary/aromatic N) is 1. The molecule has 1 aromatic heterocycles. The van der Waals surface area contributed by atoms with E-state index in [1.54, 1.807) is 18.2 Å². The molecule has 8 nitrogen and oxygen atoms in total. The number of hydrogen-bond acceptors (Lipinski definition) is 6. The largest absolute Gasteiger partial charge is 0.481 e. The maximum atomic E-state index is 11.8. The fourth-order valence-electron chi connectivity index (χ4n) is 1.96. The number of carbonyl (C=O) groups is 3. The van der Waals surface area contributed by atoms with Gasteiger partial charge < -0.3 is 20.1 Å². The minimum atomic E-state index is -2.74. The van der Waals surface area contributed by atoms with Crippen LogP contribution in [0.4, 0.5) is 0 Å². The fraction of sp³-hybridized carbons (Fsp3) is 0.200. The molecule has 0 fully saturated rings. The van der Waals surface area contributed by atoms with E-state index in [1.165, 1.54) is 6.07 Å². The van der Waals surface area contributed by atoms with Gasteiger partial charge in [0.2, 0.25) is 5.88 Å². The number of carboxylic acids is 2. The second-order valence-electron chi connectivity index (χ2n) is 4.90. The molecule has 0 radical (unpaired) electrons. The lowest BCUT2D eigenvalue weighted by Crippen LogP contribution is -2.43. The maximum absolute atomic E-state index is 11.8. The van der Waals surface area contributed by atoms with Crippen LogP contribution in [0.3, 0.4) is 0 Å². The van der Waals surface area contributed by atoms with Crippen molar-refractivity contribution in [3.05, 3.63) is 36.4 Å². The van der Waals surface area contributed by atoms with Gasteiger partial charge in [-0.05, 0) is 12.1 Å². The molecule has 0 spiro atoms. The fourth-order valence-corrected chi connectivity index (χ4v) is 1.96. The number of aliphatic carboxylic acids is 2. The number of esters is 1. The van der Waals surface area contributed by atoms with E-state index in [1.807, 2.05) is 12.1 Å². The average molecular weight is 319 g/mol. The van der Waals surface area contributed by atoms with Gasteiger partial charge in [0.25, 0.3) is 0 Å². The number of rotatable bonds is 6. The van der Waals surface area contributed by atoms with Crippen molar-refractivity contribution in [2.75, 3.05) is 0 Å². The van der Waals surface area contributed by atoms with E-state index in [4.69, 9.17) is 14.9 Å². The van der Waals surface area contributed by atoms with E-state index in [0.717, 1.165) is 5.39 Å². The van der Waals surface area contributed by atoms with Gasteiger partial charge in [-0.25, -0.2) is 9.78 Å². The van der Waals surface area contributed by atoms with Crippen molar-refractivity contribution < 1.29 is 34.4 Å². The first kappa shape index (κ1) is 16.4. The third-order valence-electron chi connectivity index (χ3n) is 3.07. The first-order valence-electron chi connectivity index (χ1n) is 6.54. The second kappa shape index (κ2) is 6.41. The number of para-hydroxylation sites is 1. The summed E-state index contributed by atoms with van der Waals surface area (Å²) in [6.07, 6.45) is -2.13. The third kappa shape index (κ3) is 4.01. The van der Waals surface area contributed by atoms with E-state index in [9.17, 15) is 19.5 Å². The van der Waals surface area contributed by atoms with Gasteiger partial charge >= 0.3 is 17.9 Å². The van der Waals surface area contributed by atoms with Crippen LogP contribution in [0.25, 0.3) is 10.9 Å². The summed E-state index contributed by atoms with van der Waals surface area (Å²) in [6, 6.07) is 10.1. The van der Waals surface area contributed by atoms with Crippen molar-refractivity contribution in [1.29, 1.82) is 0 Å². The van der Waals surface area contributed by atoms with E-state index in [2.05, 4.69) is 4.98 Å². The molecule has 8 heteroatoms. The highest BCUT2D eigenvalue weighted by molar-refractivity contribution is 5.89. The smallest absolute Gasteiger partial charge is 0.336 e. The van der Waals surface area contributed by atoms with Crippen molar-refractivity contribution in [2.24, 2.45) is 0 Å². The Morgan fingerprint density at radius 3 is 2.39 bits per heavy atom. The molecule has 1 unspecified atom stereocenters. The van der Waals surface area contributed by atoms with Crippen LogP contribution in [0.1, 0.15) is 12.8 Å². The summed E-state index contributed by atoms with van der Waals surface area (Å²) in [5, 5.41) is 28.1. The van der Waals surface area contributed by atoms with E-state index in [0.29, 0.717) is 5.52 Å². The molecule has 0 saturated carbocycles. The summed E-state index contributed by atoms with van der Waals surface area (Å²) in [6.45, 7) is 0. The highest BCUT2D eigenvalue weighted by Gasteiger charge is 2.41. The van der Waals surface area contributed by atoms with Gasteiger partial charge in [-0.15, -0.1) is 0 Å². The quantitative estimate of drug-likeness (QED) is 0.666. The Balaban J connectivity index is 2.13. The third-order valence-corrected chi connectivity index (χ3v) is 3.07. The first-order chi connectivity index (χ1) is 10.8. The van der Waals surface area contributed by atoms with Crippen LogP contribution in [-0.4, -0.2) is 43.8 Å². The number of fused-ring (bicyclic) bond motifs is 1. The monoisotopic (exact) mass is 319 g/mol. The van der Waals surface area contributed by atoms with E-state index >= 15 is 0 Å². The van der Waals surface area contributed by atoms with Crippen LogP contribution in [0.2, 0.25) is 0 Å². The molecule has 0 aliphatic carbocycles. The molecule has 2 aromatic rings. The number of pyridine rings is 1. The molecule has 0 aliphatic heterocycles. The number of aromatic nitrogens is 1. The summed E-state index contributed by atoms with van der Waals surface area (Å²) < 4.78 is 4.88. The molecular weight excluding hydrogens is 306 g/mol. The van der Waals surface area contributed by atoms with Gasteiger partial charge in [-0.2, -0.15) is 0 Å². The van der Waals surface area contributed by atoms with Crippen LogP contribution in [-0.2, 0) is 14.4 Å². The molecule has 2 rings (SSSR count). The Hall–Kier alpha value is -3.00. The zero-order valence-corrected chi connectivity index (χ0v) is 11.8. The van der Waals surface area contributed by atoms with Crippen LogP contribution >= 0.6 is 0 Å².